The number of benzene rings is 2. The van der Waals surface area contributed by atoms with Crippen LogP contribution in [0.4, 0.5) is 4.79 Å². The van der Waals surface area contributed by atoms with E-state index in [1.54, 1.807) is 0 Å². The van der Waals surface area contributed by atoms with Gasteiger partial charge in [0.1, 0.15) is 6.04 Å². The molecule has 7 nitrogen and oxygen atoms in total. The highest BCUT2D eigenvalue weighted by molar-refractivity contribution is 5.83. The first kappa shape index (κ1) is 19.9. The Morgan fingerprint density at radius 1 is 1.07 bits per heavy atom. The average Bonchev–Trinajstić information content (AvgIpc) is 2.70. The lowest BCUT2D eigenvalue weighted by molar-refractivity contribution is -0.142. The van der Waals surface area contributed by atoms with Crippen molar-refractivity contribution in [2.75, 3.05) is 7.11 Å². The molecule has 0 fully saturated rings. The standard InChI is InChI=1S/C20H21N3O4/c1-27-19(25)18(11-15-6-3-2-4-7-15)23-20(26)22-13-17-9-5-8-16(10-17)12-21-14-24/h2-10,18H,11-13H2,1H3,(H2,22,23,26). The summed E-state index contributed by atoms with van der Waals surface area (Å²) in [6.45, 7) is 0.509. The predicted octanol–water partition coefficient (Wildman–Crippen LogP) is 2.11. The molecule has 0 radical (unpaired) electrons. The zero-order valence-corrected chi connectivity index (χ0v) is 15.0. The second kappa shape index (κ2) is 10.5. The molecule has 1 unspecified atom stereocenters. The molecule has 2 amide bonds. The Bertz CT molecular complexity index is 817. The van der Waals surface area contributed by atoms with E-state index in [0.717, 1.165) is 16.7 Å². The number of methoxy groups -OCH3 is 1. The molecule has 0 aromatic heterocycles. The fourth-order valence-corrected chi connectivity index (χ4v) is 2.54. The van der Waals surface area contributed by atoms with Gasteiger partial charge in [-0.3, -0.25) is 0 Å². The Morgan fingerprint density at radius 2 is 1.78 bits per heavy atom. The predicted molar refractivity (Wildman–Crippen MR) is 99.6 cm³/mol. The van der Waals surface area contributed by atoms with Crippen LogP contribution in [0.3, 0.4) is 0 Å². The van der Waals surface area contributed by atoms with Gasteiger partial charge in [0.2, 0.25) is 6.08 Å². The molecular weight excluding hydrogens is 346 g/mol. The summed E-state index contributed by atoms with van der Waals surface area (Å²) in [6.07, 6.45) is 1.83. The highest BCUT2D eigenvalue weighted by atomic mass is 16.5. The Labute approximate surface area is 157 Å². The zero-order chi connectivity index (χ0) is 19.5. The van der Waals surface area contributed by atoms with Gasteiger partial charge in [0.25, 0.3) is 0 Å². The van der Waals surface area contributed by atoms with Crippen LogP contribution in [0.2, 0.25) is 0 Å². The molecule has 7 heteroatoms. The Hall–Kier alpha value is -3.44. The van der Waals surface area contributed by atoms with Gasteiger partial charge in [-0.15, -0.1) is 0 Å². The maximum Gasteiger partial charge on any atom is 0.328 e. The number of carbonyl (C=O) groups excluding carboxylic acids is 3. The summed E-state index contributed by atoms with van der Waals surface area (Å²) in [5.41, 5.74) is 2.60. The lowest BCUT2D eigenvalue weighted by atomic mass is 10.1. The molecule has 2 aromatic rings. The number of urea groups is 1. The Balaban J connectivity index is 1.93. The molecule has 2 rings (SSSR count). The van der Waals surface area contributed by atoms with Crippen LogP contribution in [0.1, 0.15) is 16.7 Å². The van der Waals surface area contributed by atoms with Gasteiger partial charge in [0.15, 0.2) is 0 Å². The normalized spacial score (nSPS) is 11.0. The van der Waals surface area contributed by atoms with E-state index >= 15 is 0 Å². The zero-order valence-electron chi connectivity index (χ0n) is 15.0. The van der Waals surface area contributed by atoms with E-state index in [4.69, 9.17) is 4.74 Å². The van der Waals surface area contributed by atoms with E-state index in [2.05, 4.69) is 15.6 Å². The summed E-state index contributed by atoms with van der Waals surface area (Å²) in [5, 5.41) is 5.35. The molecule has 0 aliphatic carbocycles. The second-order valence-corrected chi connectivity index (χ2v) is 5.82. The number of ether oxygens (including phenoxy) is 1. The number of isocyanates is 1. The third kappa shape index (κ3) is 6.76. The molecule has 0 spiro atoms. The third-order valence-corrected chi connectivity index (χ3v) is 3.84. The Morgan fingerprint density at radius 3 is 2.48 bits per heavy atom. The number of amides is 2. The Kier molecular flexibility index (Phi) is 7.75. The summed E-state index contributed by atoms with van der Waals surface area (Å²) in [4.78, 5) is 37.9. The van der Waals surface area contributed by atoms with Crippen molar-refractivity contribution in [3.63, 3.8) is 0 Å². The summed E-state index contributed by atoms with van der Waals surface area (Å²) >= 11 is 0. The average molecular weight is 367 g/mol. The first-order chi connectivity index (χ1) is 13.1. The van der Waals surface area contributed by atoms with Crippen molar-refractivity contribution in [2.45, 2.75) is 25.6 Å². The van der Waals surface area contributed by atoms with Gasteiger partial charge in [-0.05, 0) is 16.7 Å². The first-order valence-corrected chi connectivity index (χ1v) is 8.40. The molecule has 27 heavy (non-hydrogen) atoms. The molecule has 0 aliphatic rings. The van der Waals surface area contributed by atoms with Crippen molar-refractivity contribution < 1.29 is 19.1 Å². The fourth-order valence-electron chi connectivity index (χ4n) is 2.54. The summed E-state index contributed by atoms with van der Waals surface area (Å²) < 4.78 is 4.78. The van der Waals surface area contributed by atoms with E-state index in [9.17, 15) is 14.4 Å². The van der Waals surface area contributed by atoms with Crippen LogP contribution < -0.4 is 10.6 Å². The number of esters is 1. The number of hydrogen-bond donors (Lipinski definition) is 2. The van der Waals surface area contributed by atoms with E-state index in [-0.39, 0.29) is 13.1 Å². The van der Waals surface area contributed by atoms with E-state index < -0.39 is 18.0 Å². The largest absolute Gasteiger partial charge is 0.467 e. The third-order valence-electron chi connectivity index (χ3n) is 3.84. The molecule has 2 aromatic carbocycles. The number of nitrogens with one attached hydrogen (secondary N) is 2. The number of carbonyl (C=O) groups is 2. The van der Waals surface area contributed by atoms with Gasteiger partial charge in [0.05, 0.1) is 13.7 Å². The molecule has 0 saturated heterocycles. The van der Waals surface area contributed by atoms with Crippen LogP contribution in [0, 0.1) is 0 Å². The minimum atomic E-state index is -0.786. The number of hydrogen-bond acceptors (Lipinski definition) is 5. The van der Waals surface area contributed by atoms with Gasteiger partial charge in [-0.2, -0.15) is 0 Å². The van der Waals surface area contributed by atoms with Crippen LogP contribution in [0.15, 0.2) is 59.6 Å². The van der Waals surface area contributed by atoms with Crippen molar-refractivity contribution in [1.29, 1.82) is 0 Å². The van der Waals surface area contributed by atoms with E-state index in [0.29, 0.717) is 6.42 Å². The maximum absolute atomic E-state index is 12.2. The molecule has 0 heterocycles. The van der Waals surface area contributed by atoms with Gasteiger partial charge in [-0.25, -0.2) is 19.4 Å². The van der Waals surface area contributed by atoms with Crippen molar-refractivity contribution in [3.8, 4) is 0 Å². The van der Waals surface area contributed by atoms with Crippen molar-refractivity contribution in [2.24, 2.45) is 4.99 Å². The highest BCUT2D eigenvalue weighted by Crippen LogP contribution is 2.07. The molecule has 2 N–H and O–H groups in total. The van der Waals surface area contributed by atoms with E-state index in [1.807, 2.05) is 54.6 Å². The lowest BCUT2D eigenvalue weighted by Gasteiger charge is -2.17. The smallest absolute Gasteiger partial charge is 0.328 e. The monoisotopic (exact) mass is 367 g/mol. The summed E-state index contributed by atoms with van der Waals surface area (Å²) in [5.74, 6) is -0.511. The van der Waals surface area contributed by atoms with Gasteiger partial charge >= 0.3 is 12.0 Å². The van der Waals surface area contributed by atoms with Crippen LogP contribution in [-0.2, 0) is 33.8 Å². The van der Waals surface area contributed by atoms with Gasteiger partial charge in [0, 0.05) is 13.0 Å². The van der Waals surface area contributed by atoms with Crippen molar-refractivity contribution >= 4 is 18.1 Å². The molecule has 140 valence electrons. The van der Waals surface area contributed by atoms with Gasteiger partial charge in [-0.1, -0.05) is 54.6 Å². The number of aliphatic imine (C=N–C) groups is 1. The van der Waals surface area contributed by atoms with Crippen molar-refractivity contribution in [1.82, 2.24) is 10.6 Å². The van der Waals surface area contributed by atoms with Crippen molar-refractivity contribution in [3.05, 3.63) is 71.3 Å². The molecular formula is C20H21N3O4. The molecule has 0 bridgehead atoms. The van der Waals surface area contributed by atoms with Gasteiger partial charge < -0.3 is 15.4 Å². The number of rotatable bonds is 8. The van der Waals surface area contributed by atoms with Crippen LogP contribution in [0.5, 0.6) is 0 Å². The first-order valence-electron chi connectivity index (χ1n) is 8.40. The highest BCUT2D eigenvalue weighted by Gasteiger charge is 2.21. The van der Waals surface area contributed by atoms with Crippen LogP contribution in [-0.4, -0.2) is 31.2 Å². The second-order valence-electron chi connectivity index (χ2n) is 5.82. The quantitative estimate of drug-likeness (QED) is 0.424. The van der Waals surface area contributed by atoms with Crippen LogP contribution in [0.25, 0.3) is 0 Å². The van der Waals surface area contributed by atoms with Crippen LogP contribution >= 0.6 is 0 Å². The molecule has 1 atom stereocenters. The van der Waals surface area contributed by atoms with E-state index in [1.165, 1.54) is 13.2 Å². The maximum atomic E-state index is 12.2. The minimum absolute atomic E-state index is 0.241. The topological polar surface area (TPSA) is 96.9 Å². The molecule has 0 aliphatic heterocycles. The SMILES string of the molecule is COC(=O)C(Cc1ccccc1)NC(=O)NCc1cccc(CN=C=O)c1. The minimum Gasteiger partial charge on any atom is -0.467 e. The molecule has 0 saturated carbocycles. The fraction of sp³-hybridized carbons (Fsp3) is 0.250. The summed E-state index contributed by atoms with van der Waals surface area (Å²) in [6, 6.07) is 15.4. The summed E-state index contributed by atoms with van der Waals surface area (Å²) in [7, 11) is 1.28. The lowest BCUT2D eigenvalue weighted by Crippen LogP contribution is -2.47. The number of nitrogens with zero attached hydrogens (tertiary/aromatic N) is 1.